The van der Waals surface area contributed by atoms with Crippen LogP contribution in [0.2, 0.25) is 5.02 Å². The molecular formula is C7H7ClF2N2O. The van der Waals surface area contributed by atoms with Crippen LogP contribution >= 0.6 is 11.6 Å². The molecule has 0 aliphatic rings. The second-order valence-corrected chi connectivity index (χ2v) is 2.74. The molecule has 0 unspecified atom stereocenters. The summed E-state index contributed by atoms with van der Waals surface area (Å²) in [6.07, 6.45) is -2.79. The zero-order valence-corrected chi connectivity index (χ0v) is 7.22. The zero-order valence-electron chi connectivity index (χ0n) is 6.47. The molecule has 0 atom stereocenters. The minimum Gasteiger partial charge on any atom is -0.397 e. The summed E-state index contributed by atoms with van der Waals surface area (Å²) in [4.78, 5) is 3.44. The minimum absolute atomic E-state index is 0.00369. The second kappa shape index (κ2) is 3.85. The molecule has 1 rings (SSSR count). The molecule has 0 saturated carbocycles. The Hall–Kier alpha value is -0.940. The molecule has 0 saturated heterocycles. The third kappa shape index (κ3) is 2.05. The van der Waals surface area contributed by atoms with Gasteiger partial charge < -0.3 is 10.8 Å². The molecule has 0 fully saturated rings. The molecule has 0 aliphatic heterocycles. The molecule has 0 spiro atoms. The van der Waals surface area contributed by atoms with Crippen molar-refractivity contribution < 1.29 is 13.9 Å². The van der Waals surface area contributed by atoms with Crippen molar-refractivity contribution in [3.8, 4) is 0 Å². The third-order valence-electron chi connectivity index (χ3n) is 1.43. The highest BCUT2D eigenvalue weighted by Crippen LogP contribution is 2.30. The Kier molecular flexibility index (Phi) is 3.00. The lowest BCUT2D eigenvalue weighted by atomic mass is 10.2. The molecule has 0 radical (unpaired) electrons. The van der Waals surface area contributed by atoms with Gasteiger partial charge in [-0.1, -0.05) is 11.6 Å². The van der Waals surface area contributed by atoms with E-state index >= 15 is 0 Å². The van der Waals surface area contributed by atoms with Crippen molar-refractivity contribution in [1.82, 2.24) is 4.98 Å². The first-order valence-corrected chi connectivity index (χ1v) is 3.78. The summed E-state index contributed by atoms with van der Waals surface area (Å²) in [7, 11) is 0. The predicted octanol–water partition coefficient (Wildman–Crippen LogP) is 1.75. The van der Waals surface area contributed by atoms with Gasteiger partial charge in [0.2, 0.25) is 0 Å². The smallest absolute Gasteiger partial charge is 0.281 e. The largest absolute Gasteiger partial charge is 0.397 e. The van der Waals surface area contributed by atoms with E-state index in [0.717, 1.165) is 0 Å². The molecule has 0 aliphatic carbocycles. The van der Waals surface area contributed by atoms with Gasteiger partial charge in [-0.15, -0.1) is 0 Å². The standard InChI is InChI=1S/C7H7ClF2N2O/c8-5-4(11)1-3(2-13)12-6(5)7(9)10/h1,7,13H,2H2,(H2,11,12). The number of nitrogen functional groups attached to an aromatic ring is 1. The quantitative estimate of drug-likeness (QED) is 0.779. The molecule has 0 aromatic carbocycles. The number of aromatic nitrogens is 1. The summed E-state index contributed by atoms with van der Waals surface area (Å²) in [5, 5.41) is 8.40. The van der Waals surface area contributed by atoms with Crippen molar-refractivity contribution in [2.75, 3.05) is 5.73 Å². The lowest BCUT2D eigenvalue weighted by molar-refractivity contribution is 0.145. The summed E-state index contributed by atoms with van der Waals surface area (Å²) >= 11 is 5.47. The van der Waals surface area contributed by atoms with E-state index < -0.39 is 18.7 Å². The van der Waals surface area contributed by atoms with E-state index in [9.17, 15) is 8.78 Å². The summed E-state index contributed by atoms with van der Waals surface area (Å²) in [6, 6.07) is 1.26. The van der Waals surface area contributed by atoms with Gasteiger partial charge in [-0.25, -0.2) is 13.8 Å². The minimum atomic E-state index is -2.79. The lowest BCUT2D eigenvalue weighted by Crippen LogP contribution is -2.01. The van der Waals surface area contributed by atoms with Gasteiger partial charge in [0, 0.05) is 0 Å². The number of hydrogen-bond acceptors (Lipinski definition) is 3. The maximum absolute atomic E-state index is 12.2. The highest BCUT2D eigenvalue weighted by Gasteiger charge is 2.16. The van der Waals surface area contributed by atoms with Crippen LogP contribution in [0.5, 0.6) is 0 Å². The Labute approximate surface area is 78.1 Å². The van der Waals surface area contributed by atoms with Gasteiger partial charge in [-0.05, 0) is 6.07 Å². The maximum atomic E-state index is 12.2. The number of pyridine rings is 1. The van der Waals surface area contributed by atoms with Crippen molar-refractivity contribution in [2.24, 2.45) is 0 Å². The summed E-state index contributed by atoms with van der Waals surface area (Å²) in [6.45, 7) is -0.443. The molecule has 1 aromatic rings. The summed E-state index contributed by atoms with van der Waals surface area (Å²) in [5.41, 5.74) is 4.80. The van der Waals surface area contributed by atoms with Crippen molar-refractivity contribution in [3.63, 3.8) is 0 Å². The number of halogens is 3. The van der Waals surface area contributed by atoms with Crippen LogP contribution in [-0.4, -0.2) is 10.1 Å². The Balaban J connectivity index is 3.25. The molecule has 6 heteroatoms. The fraction of sp³-hybridized carbons (Fsp3) is 0.286. The second-order valence-electron chi connectivity index (χ2n) is 2.36. The van der Waals surface area contributed by atoms with E-state index in [0.29, 0.717) is 0 Å². The zero-order chi connectivity index (χ0) is 10.0. The normalized spacial score (nSPS) is 10.8. The first-order valence-electron chi connectivity index (χ1n) is 3.40. The number of anilines is 1. The van der Waals surface area contributed by atoms with E-state index in [4.69, 9.17) is 22.4 Å². The van der Waals surface area contributed by atoms with E-state index in [1.807, 2.05) is 0 Å². The van der Waals surface area contributed by atoms with Gasteiger partial charge in [-0.3, -0.25) is 0 Å². The molecule has 0 amide bonds. The Morgan fingerprint density at radius 1 is 1.62 bits per heavy atom. The Morgan fingerprint density at radius 3 is 2.69 bits per heavy atom. The number of aliphatic hydroxyl groups is 1. The number of nitrogens with two attached hydrogens (primary N) is 1. The first kappa shape index (κ1) is 10.1. The lowest BCUT2D eigenvalue weighted by Gasteiger charge is -2.06. The third-order valence-corrected chi connectivity index (χ3v) is 1.85. The molecule has 13 heavy (non-hydrogen) atoms. The molecule has 3 N–H and O–H groups in total. The fourth-order valence-electron chi connectivity index (χ4n) is 0.852. The van der Waals surface area contributed by atoms with Crippen molar-refractivity contribution in [3.05, 3.63) is 22.5 Å². The number of rotatable bonds is 2. The SMILES string of the molecule is Nc1cc(CO)nc(C(F)F)c1Cl. The highest BCUT2D eigenvalue weighted by molar-refractivity contribution is 6.33. The monoisotopic (exact) mass is 208 g/mol. The topological polar surface area (TPSA) is 59.1 Å². The van der Waals surface area contributed by atoms with Crippen molar-refractivity contribution in [1.29, 1.82) is 0 Å². The Bertz CT molecular complexity index is 320. The maximum Gasteiger partial charge on any atom is 0.281 e. The molecule has 1 heterocycles. The van der Waals surface area contributed by atoms with Gasteiger partial charge in [0.25, 0.3) is 6.43 Å². The molecule has 0 bridgehead atoms. The fourth-order valence-corrected chi connectivity index (χ4v) is 1.03. The van der Waals surface area contributed by atoms with E-state index in [-0.39, 0.29) is 16.4 Å². The summed E-state index contributed by atoms with van der Waals surface area (Å²) < 4.78 is 24.5. The van der Waals surface area contributed by atoms with Gasteiger partial charge in [0.05, 0.1) is 23.0 Å². The molecule has 1 aromatic heterocycles. The van der Waals surface area contributed by atoms with Crippen LogP contribution in [0, 0.1) is 0 Å². The summed E-state index contributed by atoms with van der Waals surface area (Å²) in [5.74, 6) is 0. The number of alkyl halides is 2. The van der Waals surface area contributed by atoms with E-state index in [1.165, 1.54) is 6.07 Å². The van der Waals surface area contributed by atoms with Crippen molar-refractivity contribution >= 4 is 17.3 Å². The molecule has 3 nitrogen and oxygen atoms in total. The Morgan fingerprint density at radius 2 is 2.23 bits per heavy atom. The van der Waals surface area contributed by atoms with Gasteiger partial charge in [0.1, 0.15) is 5.69 Å². The van der Waals surface area contributed by atoms with Crippen molar-refractivity contribution in [2.45, 2.75) is 13.0 Å². The average molecular weight is 209 g/mol. The van der Waals surface area contributed by atoms with Crippen LogP contribution in [-0.2, 0) is 6.61 Å². The molecular weight excluding hydrogens is 202 g/mol. The van der Waals surface area contributed by atoms with Crippen LogP contribution in [0.4, 0.5) is 14.5 Å². The number of hydrogen-bond donors (Lipinski definition) is 2. The van der Waals surface area contributed by atoms with Crippen LogP contribution in [0.1, 0.15) is 17.8 Å². The van der Waals surface area contributed by atoms with Crippen LogP contribution in [0.15, 0.2) is 6.07 Å². The van der Waals surface area contributed by atoms with E-state index in [1.54, 1.807) is 0 Å². The van der Waals surface area contributed by atoms with Gasteiger partial charge in [-0.2, -0.15) is 0 Å². The number of aliphatic hydroxyl groups excluding tert-OH is 1. The first-order chi connectivity index (χ1) is 6.06. The van der Waals surface area contributed by atoms with Gasteiger partial charge >= 0.3 is 0 Å². The van der Waals surface area contributed by atoms with Gasteiger partial charge in [0.15, 0.2) is 0 Å². The van der Waals surface area contributed by atoms with Crippen LogP contribution in [0.3, 0.4) is 0 Å². The van der Waals surface area contributed by atoms with Crippen LogP contribution < -0.4 is 5.73 Å². The average Bonchev–Trinajstić information content (AvgIpc) is 2.09. The van der Waals surface area contributed by atoms with E-state index in [2.05, 4.69) is 4.98 Å². The highest BCUT2D eigenvalue weighted by atomic mass is 35.5. The number of nitrogens with zero attached hydrogens (tertiary/aromatic N) is 1. The molecule has 72 valence electrons. The predicted molar refractivity (Wildman–Crippen MR) is 44.5 cm³/mol. The van der Waals surface area contributed by atoms with Crippen LogP contribution in [0.25, 0.3) is 0 Å².